The molecule has 10 heteroatoms. The van der Waals surface area contributed by atoms with Gasteiger partial charge in [-0.1, -0.05) is 17.7 Å². The van der Waals surface area contributed by atoms with Gasteiger partial charge in [0, 0.05) is 12.6 Å². The van der Waals surface area contributed by atoms with Gasteiger partial charge in [0.05, 0.1) is 30.9 Å². The molecule has 3 aromatic rings. The Morgan fingerprint density at radius 3 is 2.59 bits per heavy atom. The molecule has 0 spiro atoms. The topological polar surface area (TPSA) is 121 Å². The van der Waals surface area contributed by atoms with E-state index in [1.807, 2.05) is 6.92 Å². The van der Waals surface area contributed by atoms with Crippen molar-refractivity contribution in [3.8, 4) is 5.88 Å². The summed E-state index contributed by atoms with van der Waals surface area (Å²) in [5.74, 6) is 0.326. The SMILES string of the molecule is COc1ccc2ncc(=O)n(CCC(O)COS(=O)(=O)c3ccc(C)cc3)c2n1. The molecule has 1 unspecified atom stereocenters. The van der Waals surface area contributed by atoms with Crippen molar-refractivity contribution in [3.05, 3.63) is 58.5 Å². The molecule has 0 aliphatic heterocycles. The number of pyridine rings is 1. The van der Waals surface area contributed by atoms with Crippen LogP contribution in [-0.4, -0.2) is 47.9 Å². The van der Waals surface area contributed by atoms with Crippen LogP contribution < -0.4 is 10.3 Å². The van der Waals surface area contributed by atoms with Crippen molar-refractivity contribution in [1.29, 1.82) is 0 Å². The van der Waals surface area contributed by atoms with Gasteiger partial charge in [0.25, 0.3) is 15.7 Å². The zero-order valence-corrected chi connectivity index (χ0v) is 16.8. The van der Waals surface area contributed by atoms with Crippen LogP contribution in [0.1, 0.15) is 12.0 Å². The summed E-state index contributed by atoms with van der Waals surface area (Å²) in [5, 5.41) is 10.2. The second kappa shape index (κ2) is 8.68. The molecule has 0 bridgehead atoms. The molecule has 2 aromatic heterocycles. The Morgan fingerprint density at radius 2 is 1.90 bits per heavy atom. The Morgan fingerprint density at radius 1 is 1.17 bits per heavy atom. The maximum Gasteiger partial charge on any atom is 0.297 e. The first-order valence-corrected chi connectivity index (χ1v) is 10.3. The van der Waals surface area contributed by atoms with E-state index in [1.54, 1.807) is 24.3 Å². The minimum absolute atomic E-state index is 0.0166. The average Bonchev–Trinajstić information content (AvgIpc) is 2.71. The monoisotopic (exact) mass is 419 g/mol. The lowest BCUT2D eigenvalue weighted by atomic mass is 10.2. The van der Waals surface area contributed by atoms with E-state index in [4.69, 9.17) is 8.92 Å². The number of hydrogen-bond donors (Lipinski definition) is 1. The van der Waals surface area contributed by atoms with Crippen molar-refractivity contribution in [2.75, 3.05) is 13.7 Å². The minimum Gasteiger partial charge on any atom is -0.481 e. The van der Waals surface area contributed by atoms with Gasteiger partial charge in [-0.3, -0.25) is 13.5 Å². The van der Waals surface area contributed by atoms with Crippen molar-refractivity contribution < 1.29 is 22.4 Å². The first kappa shape index (κ1) is 20.9. The molecule has 1 aromatic carbocycles. The number of ether oxygens (including phenoxy) is 1. The third-order valence-corrected chi connectivity index (χ3v) is 5.58. The largest absolute Gasteiger partial charge is 0.481 e. The highest BCUT2D eigenvalue weighted by Crippen LogP contribution is 2.15. The van der Waals surface area contributed by atoms with Crippen LogP contribution in [0.2, 0.25) is 0 Å². The van der Waals surface area contributed by atoms with E-state index in [2.05, 4.69) is 9.97 Å². The van der Waals surface area contributed by atoms with Gasteiger partial charge < -0.3 is 9.84 Å². The van der Waals surface area contributed by atoms with Crippen molar-refractivity contribution in [2.24, 2.45) is 0 Å². The number of aliphatic hydroxyl groups excluding tert-OH is 1. The fourth-order valence-electron chi connectivity index (χ4n) is 2.65. The van der Waals surface area contributed by atoms with Crippen LogP contribution >= 0.6 is 0 Å². The molecule has 0 aliphatic carbocycles. The normalized spacial score (nSPS) is 12.8. The van der Waals surface area contributed by atoms with Gasteiger partial charge in [-0.2, -0.15) is 13.4 Å². The lowest BCUT2D eigenvalue weighted by Gasteiger charge is -2.14. The standard InChI is InChI=1S/C19H21N3O6S/c1-13-3-5-15(6-4-13)29(25,26)28-12-14(23)9-10-22-18(24)11-20-16-7-8-17(27-2)21-19(16)22/h3-8,11,14,23H,9-10,12H2,1-2H3. The predicted molar refractivity (Wildman–Crippen MR) is 105 cm³/mol. The van der Waals surface area contributed by atoms with Crippen molar-refractivity contribution in [3.63, 3.8) is 0 Å². The maximum atomic E-state index is 12.2. The number of nitrogens with zero attached hydrogens (tertiary/aromatic N) is 3. The van der Waals surface area contributed by atoms with E-state index >= 15 is 0 Å². The second-order valence-corrected chi connectivity index (χ2v) is 8.05. The van der Waals surface area contributed by atoms with E-state index in [1.165, 1.54) is 30.0 Å². The van der Waals surface area contributed by atoms with E-state index in [0.29, 0.717) is 17.0 Å². The summed E-state index contributed by atoms with van der Waals surface area (Å²) in [6, 6.07) is 9.51. The molecule has 154 valence electrons. The van der Waals surface area contributed by atoms with Gasteiger partial charge >= 0.3 is 0 Å². The summed E-state index contributed by atoms with van der Waals surface area (Å²) in [7, 11) is -2.51. The molecule has 29 heavy (non-hydrogen) atoms. The highest BCUT2D eigenvalue weighted by Gasteiger charge is 2.18. The second-order valence-electron chi connectivity index (χ2n) is 6.44. The van der Waals surface area contributed by atoms with Crippen molar-refractivity contribution in [2.45, 2.75) is 30.9 Å². The Labute approximate surface area is 167 Å². The number of hydrogen-bond acceptors (Lipinski definition) is 8. The Balaban J connectivity index is 1.68. The van der Waals surface area contributed by atoms with Gasteiger partial charge in [0.2, 0.25) is 5.88 Å². The first-order valence-electron chi connectivity index (χ1n) is 8.85. The van der Waals surface area contributed by atoms with Gasteiger partial charge in [-0.25, -0.2) is 4.98 Å². The Kier molecular flexibility index (Phi) is 6.26. The predicted octanol–water partition coefficient (Wildman–Crippen LogP) is 1.27. The molecule has 3 rings (SSSR count). The van der Waals surface area contributed by atoms with Crippen LogP contribution in [-0.2, 0) is 20.8 Å². The molecule has 9 nitrogen and oxygen atoms in total. The molecule has 0 radical (unpaired) electrons. The number of aromatic nitrogens is 3. The summed E-state index contributed by atoms with van der Waals surface area (Å²) in [5.41, 5.74) is 1.35. The van der Waals surface area contributed by atoms with Crippen LogP contribution in [0, 0.1) is 6.92 Å². The third kappa shape index (κ3) is 4.97. The lowest BCUT2D eigenvalue weighted by molar-refractivity contribution is 0.0989. The summed E-state index contributed by atoms with van der Waals surface area (Å²) in [6.07, 6.45) is 0.152. The van der Waals surface area contributed by atoms with Crippen molar-refractivity contribution in [1.82, 2.24) is 14.5 Å². The molecule has 2 heterocycles. The summed E-state index contributed by atoms with van der Waals surface area (Å²) in [4.78, 5) is 20.5. The third-order valence-electron chi connectivity index (χ3n) is 4.29. The smallest absolute Gasteiger partial charge is 0.297 e. The molecule has 0 saturated heterocycles. The van der Waals surface area contributed by atoms with Crippen LogP contribution in [0.3, 0.4) is 0 Å². The van der Waals surface area contributed by atoms with Crippen LogP contribution in [0.25, 0.3) is 11.2 Å². The fraction of sp³-hybridized carbons (Fsp3) is 0.316. The quantitative estimate of drug-likeness (QED) is 0.542. The average molecular weight is 419 g/mol. The molecule has 1 atom stereocenters. The first-order chi connectivity index (χ1) is 13.8. The van der Waals surface area contributed by atoms with E-state index in [0.717, 1.165) is 5.56 Å². The molecule has 0 fully saturated rings. The summed E-state index contributed by atoms with van der Waals surface area (Å²) >= 11 is 0. The zero-order chi connectivity index (χ0) is 21.0. The minimum atomic E-state index is -3.97. The summed E-state index contributed by atoms with van der Waals surface area (Å²) in [6.45, 7) is 1.52. The van der Waals surface area contributed by atoms with Gasteiger partial charge in [0.15, 0.2) is 5.65 Å². The maximum absolute atomic E-state index is 12.2. The lowest BCUT2D eigenvalue weighted by Crippen LogP contribution is -2.26. The number of benzene rings is 1. The molecule has 0 amide bonds. The van der Waals surface area contributed by atoms with E-state index in [-0.39, 0.29) is 17.9 Å². The molecule has 0 aliphatic rings. The van der Waals surface area contributed by atoms with E-state index in [9.17, 15) is 18.3 Å². The van der Waals surface area contributed by atoms with Crippen LogP contribution in [0.4, 0.5) is 0 Å². The van der Waals surface area contributed by atoms with Crippen molar-refractivity contribution >= 4 is 21.3 Å². The van der Waals surface area contributed by atoms with Gasteiger partial charge in [-0.15, -0.1) is 0 Å². The zero-order valence-electron chi connectivity index (χ0n) is 16.0. The highest BCUT2D eigenvalue weighted by atomic mass is 32.2. The molecule has 0 saturated carbocycles. The van der Waals surface area contributed by atoms with Crippen LogP contribution in [0.5, 0.6) is 5.88 Å². The van der Waals surface area contributed by atoms with Gasteiger partial charge in [0.1, 0.15) is 5.52 Å². The van der Waals surface area contributed by atoms with Gasteiger partial charge in [-0.05, 0) is 31.5 Å². The number of aryl methyl sites for hydroxylation is 2. The fourth-order valence-corrected chi connectivity index (χ4v) is 3.60. The molecule has 1 N–H and O–H groups in total. The Bertz CT molecular complexity index is 1160. The number of aliphatic hydroxyl groups is 1. The number of methoxy groups -OCH3 is 1. The van der Waals surface area contributed by atoms with Crippen LogP contribution in [0.15, 0.2) is 52.3 Å². The molecular weight excluding hydrogens is 398 g/mol. The summed E-state index contributed by atoms with van der Waals surface area (Å²) < 4.78 is 35.8. The molecular formula is C19H21N3O6S. The van der Waals surface area contributed by atoms with E-state index < -0.39 is 28.4 Å². The number of rotatable bonds is 8. The highest BCUT2D eigenvalue weighted by molar-refractivity contribution is 7.86. The Hall–Kier alpha value is -2.82. The number of fused-ring (bicyclic) bond motifs is 1.